The van der Waals surface area contributed by atoms with Gasteiger partial charge in [0, 0.05) is 57.2 Å². The van der Waals surface area contributed by atoms with Crippen LogP contribution in [0.5, 0.6) is 0 Å². The van der Waals surface area contributed by atoms with Gasteiger partial charge in [0.05, 0.1) is 5.56 Å². The third kappa shape index (κ3) is 3.77. The maximum absolute atomic E-state index is 9.39. The Balaban J connectivity index is 1.40. The molecule has 0 N–H and O–H groups in total. The van der Waals surface area contributed by atoms with Crippen molar-refractivity contribution in [1.29, 1.82) is 5.26 Å². The standard InChI is InChI=1S/C22H27N5/c1-18-6-2-3-9-21(18)26-14-12-25(13-15-26)20-8-5-11-27(17-20)22-19(16-23)7-4-10-24-22/h2-4,6-7,9-10,20H,5,8,11-15,17H2,1H3/t20-/m0/s1. The molecule has 0 saturated carbocycles. The molecule has 5 heteroatoms. The number of anilines is 2. The molecule has 0 spiro atoms. The van der Waals surface area contributed by atoms with Crippen LogP contribution in [0.1, 0.15) is 24.0 Å². The van der Waals surface area contributed by atoms with Crippen LogP contribution in [0.2, 0.25) is 0 Å². The molecule has 0 radical (unpaired) electrons. The van der Waals surface area contributed by atoms with Crippen molar-refractivity contribution in [3.8, 4) is 6.07 Å². The fourth-order valence-corrected chi connectivity index (χ4v) is 4.43. The first kappa shape index (κ1) is 17.8. The maximum Gasteiger partial charge on any atom is 0.146 e. The number of aromatic nitrogens is 1. The average Bonchev–Trinajstić information content (AvgIpc) is 2.74. The molecule has 2 aliphatic rings. The number of piperazine rings is 1. The van der Waals surface area contributed by atoms with E-state index in [1.807, 2.05) is 12.1 Å². The van der Waals surface area contributed by atoms with Crippen LogP contribution >= 0.6 is 0 Å². The lowest BCUT2D eigenvalue weighted by Crippen LogP contribution is -2.55. The monoisotopic (exact) mass is 361 g/mol. The lowest BCUT2D eigenvalue weighted by atomic mass is 10.0. The largest absolute Gasteiger partial charge is 0.369 e. The minimum absolute atomic E-state index is 0.548. The first-order valence-electron chi connectivity index (χ1n) is 9.91. The zero-order chi connectivity index (χ0) is 18.6. The van der Waals surface area contributed by atoms with Gasteiger partial charge in [-0.05, 0) is 43.5 Å². The molecule has 2 aliphatic heterocycles. The van der Waals surface area contributed by atoms with Crippen molar-refractivity contribution in [2.45, 2.75) is 25.8 Å². The highest BCUT2D eigenvalue weighted by molar-refractivity contribution is 5.54. The topological polar surface area (TPSA) is 46.4 Å². The number of piperidine rings is 1. The van der Waals surface area contributed by atoms with Gasteiger partial charge in [0.15, 0.2) is 0 Å². The molecule has 1 aromatic heterocycles. The van der Waals surface area contributed by atoms with Crippen molar-refractivity contribution in [3.05, 3.63) is 53.7 Å². The number of benzene rings is 1. The minimum Gasteiger partial charge on any atom is -0.369 e. The lowest BCUT2D eigenvalue weighted by Gasteiger charge is -2.44. The highest BCUT2D eigenvalue weighted by Crippen LogP contribution is 2.26. The second kappa shape index (κ2) is 7.98. The summed E-state index contributed by atoms with van der Waals surface area (Å²) >= 11 is 0. The first-order chi connectivity index (χ1) is 13.3. The number of nitriles is 1. The Labute approximate surface area is 161 Å². The van der Waals surface area contributed by atoms with Crippen molar-refractivity contribution in [2.75, 3.05) is 49.1 Å². The number of hydrogen-bond donors (Lipinski definition) is 0. The number of rotatable bonds is 3. The molecule has 27 heavy (non-hydrogen) atoms. The summed E-state index contributed by atoms with van der Waals surface area (Å²) in [5.41, 5.74) is 3.41. The molecular formula is C22H27N5. The molecule has 5 nitrogen and oxygen atoms in total. The van der Waals surface area contributed by atoms with E-state index in [1.165, 1.54) is 17.7 Å². The Morgan fingerprint density at radius 3 is 2.59 bits per heavy atom. The van der Waals surface area contributed by atoms with Gasteiger partial charge in [0.2, 0.25) is 0 Å². The van der Waals surface area contributed by atoms with Gasteiger partial charge in [0.25, 0.3) is 0 Å². The quantitative estimate of drug-likeness (QED) is 0.841. The van der Waals surface area contributed by atoms with Crippen LogP contribution in [-0.2, 0) is 0 Å². The van der Waals surface area contributed by atoms with Gasteiger partial charge in [-0.3, -0.25) is 4.90 Å². The van der Waals surface area contributed by atoms with Crippen molar-refractivity contribution < 1.29 is 0 Å². The van der Waals surface area contributed by atoms with Gasteiger partial charge in [-0.25, -0.2) is 4.98 Å². The van der Waals surface area contributed by atoms with E-state index < -0.39 is 0 Å². The molecule has 0 bridgehead atoms. The highest BCUT2D eigenvalue weighted by atomic mass is 15.3. The Hall–Kier alpha value is -2.58. The summed E-state index contributed by atoms with van der Waals surface area (Å²) in [6.45, 7) is 8.50. The Bertz CT molecular complexity index is 819. The predicted octanol–water partition coefficient (Wildman–Crippen LogP) is 3.05. The Kier molecular flexibility index (Phi) is 5.26. The van der Waals surface area contributed by atoms with Crippen molar-refractivity contribution in [3.63, 3.8) is 0 Å². The Morgan fingerprint density at radius 2 is 1.81 bits per heavy atom. The first-order valence-corrected chi connectivity index (χ1v) is 9.91. The normalized spacial score (nSPS) is 21.1. The van der Waals surface area contributed by atoms with Gasteiger partial charge < -0.3 is 9.80 Å². The van der Waals surface area contributed by atoms with Crippen LogP contribution in [0.25, 0.3) is 0 Å². The predicted molar refractivity (Wildman–Crippen MR) is 109 cm³/mol. The van der Waals surface area contributed by atoms with Crippen molar-refractivity contribution in [1.82, 2.24) is 9.88 Å². The molecule has 1 aromatic carbocycles. The fourth-order valence-electron chi connectivity index (χ4n) is 4.43. The van der Waals surface area contributed by atoms with E-state index in [4.69, 9.17) is 0 Å². The van der Waals surface area contributed by atoms with E-state index in [0.29, 0.717) is 11.6 Å². The molecule has 2 saturated heterocycles. The van der Waals surface area contributed by atoms with Crippen LogP contribution in [-0.4, -0.2) is 55.2 Å². The summed E-state index contributed by atoms with van der Waals surface area (Å²) in [6, 6.07) is 15.2. The number of nitrogens with zero attached hydrogens (tertiary/aromatic N) is 5. The van der Waals surface area contributed by atoms with E-state index >= 15 is 0 Å². The molecule has 1 atom stereocenters. The second-order valence-corrected chi connectivity index (χ2v) is 7.54. The second-order valence-electron chi connectivity index (χ2n) is 7.54. The van der Waals surface area contributed by atoms with Crippen LogP contribution in [0.4, 0.5) is 11.5 Å². The van der Waals surface area contributed by atoms with Gasteiger partial charge in [-0.1, -0.05) is 18.2 Å². The number of para-hydroxylation sites is 1. The fraction of sp³-hybridized carbons (Fsp3) is 0.455. The van der Waals surface area contributed by atoms with Crippen LogP contribution in [0.3, 0.4) is 0 Å². The van der Waals surface area contributed by atoms with Crippen molar-refractivity contribution >= 4 is 11.5 Å². The van der Waals surface area contributed by atoms with Crippen LogP contribution < -0.4 is 9.80 Å². The summed E-state index contributed by atoms with van der Waals surface area (Å²) in [5.74, 6) is 0.850. The molecule has 2 fully saturated rings. The van der Waals surface area contributed by atoms with E-state index in [9.17, 15) is 5.26 Å². The van der Waals surface area contributed by atoms with Crippen LogP contribution in [0, 0.1) is 18.3 Å². The average molecular weight is 361 g/mol. The number of pyridine rings is 1. The molecule has 140 valence electrons. The summed E-state index contributed by atoms with van der Waals surface area (Å²) < 4.78 is 0. The molecule has 4 rings (SSSR count). The Morgan fingerprint density at radius 1 is 1.00 bits per heavy atom. The zero-order valence-electron chi connectivity index (χ0n) is 16.0. The molecule has 3 heterocycles. The maximum atomic E-state index is 9.39. The van der Waals surface area contributed by atoms with Gasteiger partial charge in [0.1, 0.15) is 11.9 Å². The zero-order valence-corrected chi connectivity index (χ0v) is 16.0. The van der Waals surface area contributed by atoms with Crippen molar-refractivity contribution in [2.24, 2.45) is 0 Å². The number of aryl methyl sites for hydroxylation is 1. The van der Waals surface area contributed by atoms with E-state index in [0.717, 1.165) is 51.5 Å². The summed E-state index contributed by atoms with van der Waals surface area (Å²) in [6.07, 6.45) is 4.18. The SMILES string of the molecule is Cc1ccccc1N1CCN([C@H]2CCCN(c3ncccc3C#N)C2)CC1. The van der Waals surface area contributed by atoms with Gasteiger partial charge >= 0.3 is 0 Å². The molecular weight excluding hydrogens is 334 g/mol. The molecule has 0 amide bonds. The molecule has 2 aromatic rings. The van der Waals surface area contributed by atoms with Gasteiger partial charge in [-0.2, -0.15) is 5.26 Å². The third-order valence-electron chi connectivity index (χ3n) is 5.89. The summed E-state index contributed by atoms with van der Waals surface area (Å²) in [4.78, 5) is 11.9. The highest BCUT2D eigenvalue weighted by Gasteiger charge is 2.29. The number of hydrogen-bond acceptors (Lipinski definition) is 5. The molecule has 0 aliphatic carbocycles. The smallest absolute Gasteiger partial charge is 0.146 e. The summed E-state index contributed by atoms with van der Waals surface area (Å²) in [5, 5.41) is 9.39. The van der Waals surface area contributed by atoms with Gasteiger partial charge in [-0.15, -0.1) is 0 Å². The minimum atomic E-state index is 0.548. The van der Waals surface area contributed by atoms with Crippen LogP contribution in [0.15, 0.2) is 42.6 Å². The van der Waals surface area contributed by atoms with E-state index in [1.54, 1.807) is 6.20 Å². The van der Waals surface area contributed by atoms with E-state index in [2.05, 4.69) is 56.9 Å². The van der Waals surface area contributed by atoms with E-state index in [-0.39, 0.29) is 0 Å². The molecule has 0 unspecified atom stereocenters. The lowest BCUT2D eigenvalue weighted by molar-refractivity contribution is 0.166. The summed E-state index contributed by atoms with van der Waals surface area (Å²) in [7, 11) is 0. The third-order valence-corrected chi connectivity index (χ3v) is 5.89.